The second-order valence-corrected chi connectivity index (χ2v) is 5.65. The number of hydrogen-bond donors (Lipinski definition) is 1. The fraction of sp³-hybridized carbons (Fsp3) is 0.529. The SMILES string of the molecule is C=CCc1cc(Cl)ccc1OCCCC[NH2+][C@@H](C)CC. The maximum absolute atomic E-state index is 6.00. The summed E-state index contributed by atoms with van der Waals surface area (Å²) < 4.78 is 5.86. The third-order valence-corrected chi connectivity index (χ3v) is 3.69. The van der Waals surface area contributed by atoms with Crippen molar-refractivity contribution in [3.63, 3.8) is 0 Å². The molecule has 2 N–H and O–H groups in total. The molecule has 0 bridgehead atoms. The first-order valence-corrected chi connectivity index (χ1v) is 7.90. The summed E-state index contributed by atoms with van der Waals surface area (Å²) in [5.41, 5.74) is 1.11. The molecule has 0 heterocycles. The summed E-state index contributed by atoms with van der Waals surface area (Å²) in [7, 11) is 0. The molecule has 3 heteroatoms. The normalized spacial score (nSPS) is 12.2. The molecule has 0 aromatic heterocycles. The van der Waals surface area contributed by atoms with Crippen LogP contribution in [-0.2, 0) is 6.42 Å². The molecule has 0 spiro atoms. The van der Waals surface area contributed by atoms with Crippen molar-refractivity contribution >= 4 is 11.6 Å². The van der Waals surface area contributed by atoms with E-state index in [1.807, 2.05) is 24.3 Å². The van der Waals surface area contributed by atoms with E-state index in [9.17, 15) is 0 Å². The molecule has 0 unspecified atom stereocenters. The number of hydrogen-bond acceptors (Lipinski definition) is 1. The van der Waals surface area contributed by atoms with E-state index in [-0.39, 0.29) is 0 Å². The molecule has 0 saturated carbocycles. The predicted molar refractivity (Wildman–Crippen MR) is 86.6 cm³/mol. The molecule has 0 fully saturated rings. The average Bonchev–Trinajstić information content (AvgIpc) is 2.44. The van der Waals surface area contributed by atoms with Crippen LogP contribution in [0.25, 0.3) is 0 Å². The molecule has 1 aromatic rings. The first kappa shape index (κ1) is 17.1. The Balaban J connectivity index is 2.29. The van der Waals surface area contributed by atoms with Crippen molar-refractivity contribution in [3.05, 3.63) is 41.4 Å². The van der Waals surface area contributed by atoms with Gasteiger partial charge in [0.05, 0.1) is 19.2 Å². The van der Waals surface area contributed by atoms with E-state index < -0.39 is 0 Å². The van der Waals surface area contributed by atoms with Gasteiger partial charge in [-0.1, -0.05) is 24.6 Å². The van der Waals surface area contributed by atoms with E-state index in [1.165, 1.54) is 19.4 Å². The van der Waals surface area contributed by atoms with Crippen molar-refractivity contribution in [2.45, 2.75) is 45.6 Å². The fourth-order valence-electron chi connectivity index (χ4n) is 2.00. The van der Waals surface area contributed by atoms with Gasteiger partial charge in [0.1, 0.15) is 5.75 Å². The lowest BCUT2D eigenvalue weighted by Crippen LogP contribution is -2.89. The van der Waals surface area contributed by atoms with Gasteiger partial charge in [-0.2, -0.15) is 0 Å². The van der Waals surface area contributed by atoms with Gasteiger partial charge in [0, 0.05) is 5.02 Å². The van der Waals surface area contributed by atoms with Gasteiger partial charge in [-0.15, -0.1) is 6.58 Å². The van der Waals surface area contributed by atoms with Crippen LogP contribution >= 0.6 is 11.6 Å². The molecule has 0 amide bonds. The smallest absolute Gasteiger partial charge is 0.122 e. The quantitative estimate of drug-likeness (QED) is 0.518. The molecule has 2 nitrogen and oxygen atoms in total. The summed E-state index contributed by atoms with van der Waals surface area (Å²) >= 11 is 6.00. The molecular weight excluding hydrogens is 270 g/mol. The minimum absolute atomic E-state index is 0.728. The van der Waals surface area contributed by atoms with E-state index in [4.69, 9.17) is 16.3 Å². The summed E-state index contributed by atoms with van der Waals surface area (Å²) in [6, 6.07) is 6.51. The van der Waals surface area contributed by atoms with Gasteiger partial charge in [0.2, 0.25) is 0 Å². The van der Waals surface area contributed by atoms with E-state index in [0.29, 0.717) is 0 Å². The lowest BCUT2D eigenvalue weighted by atomic mass is 10.1. The highest BCUT2D eigenvalue weighted by Gasteiger charge is 2.04. The number of benzene rings is 1. The molecule has 0 radical (unpaired) electrons. The van der Waals surface area contributed by atoms with Crippen LogP contribution in [0, 0.1) is 0 Å². The molecule has 1 atom stereocenters. The minimum atomic E-state index is 0.728. The molecule has 0 aliphatic carbocycles. The molecule has 1 aromatic carbocycles. The van der Waals surface area contributed by atoms with Crippen LogP contribution < -0.4 is 10.1 Å². The van der Waals surface area contributed by atoms with Crippen LogP contribution in [-0.4, -0.2) is 19.2 Å². The first-order chi connectivity index (χ1) is 9.67. The van der Waals surface area contributed by atoms with Gasteiger partial charge in [-0.3, -0.25) is 0 Å². The lowest BCUT2D eigenvalue weighted by molar-refractivity contribution is -0.686. The molecular formula is C17H27ClNO+. The Kier molecular flexibility index (Phi) is 8.40. The third-order valence-electron chi connectivity index (χ3n) is 3.46. The summed E-state index contributed by atoms with van der Waals surface area (Å²) in [6.45, 7) is 10.2. The largest absolute Gasteiger partial charge is 0.493 e. The summed E-state index contributed by atoms with van der Waals surface area (Å²) in [6.07, 6.45) is 6.17. The Morgan fingerprint density at radius 2 is 2.20 bits per heavy atom. The Morgan fingerprint density at radius 3 is 2.90 bits per heavy atom. The fourth-order valence-corrected chi connectivity index (χ4v) is 2.20. The van der Waals surface area contributed by atoms with Crippen molar-refractivity contribution in [1.29, 1.82) is 0 Å². The maximum atomic E-state index is 6.00. The highest BCUT2D eigenvalue weighted by atomic mass is 35.5. The van der Waals surface area contributed by atoms with Crippen LogP contribution in [0.15, 0.2) is 30.9 Å². The van der Waals surface area contributed by atoms with Crippen molar-refractivity contribution in [2.75, 3.05) is 13.2 Å². The zero-order chi connectivity index (χ0) is 14.8. The number of quaternary nitrogens is 1. The van der Waals surface area contributed by atoms with Crippen molar-refractivity contribution in [2.24, 2.45) is 0 Å². The van der Waals surface area contributed by atoms with Gasteiger partial charge < -0.3 is 10.1 Å². The van der Waals surface area contributed by atoms with Crippen LogP contribution in [0.5, 0.6) is 5.75 Å². The van der Waals surface area contributed by atoms with E-state index >= 15 is 0 Å². The maximum Gasteiger partial charge on any atom is 0.122 e. The highest BCUT2D eigenvalue weighted by molar-refractivity contribution is 6.30. The monoisotopic (exact) mass is 296 g/mol. The van der Waals surface area contributed by atoms with Gasteiger partial charge >= 0.3 is 0 Å². The van der Waals surface area contributed by atoms with E-state index in [0.717, 1.165) is 41.8 Å². The number of ether oxygens (including phenoxy) is 1. The zero-order valence-corrected chi connectivity index (χ0v) is 13.5. The molecule has 0 aliphatic heterocycles. The Bertz CT molecular complexity index is 406. The number of allylic oxidation sites excluding steroid dienone is 1. The topological polar surface area (TPSA) is 25.8 Å². The van der Waals surface area contributed by atoms with Crippen molar-refractivity contribution in [1.82, 2.24) is 0 Å². The summed E-state index contributed by atoms with van der Waals surface area (Å²) in [5, 5.41) is 3.16. The van der Waals surface area contributed by atoms with Crippen molar-refractivity contribution in [3.8, 4) is 5.75 Å². The number of nitrogens with two attached hydrogens (primary N) is 1. The average molecular weight is 297 g/mol. The number of unbranched alkanes of at least 4 members (excludes halogenated alkanes) is 1. The second-order valence-electron chi connectivity index (χ2n) is 5.21. The van der Waals surface area contributed by atoms with Crippen LogP contribution in [0.4, 0.5) is 0 Å². The molecule has 112 valence electrons. The standard InChI is InChI=1S/C17H26ClNO/c1-4-8-15-13-16(18)9-10-17(15)20-12-7-6-11-19-14(3)5-2/h4,9-10,13-14,19H,1,5-8,11-12H2,2-3H3/p+1/t14-/m0/s1. The van der Waals surface area contributed by atoms with E-state index in [2.05, 4.69) is 25.7 Å². The van der Waals surface area contributed by atoms with Crippen LogP contribution in [0.3, 0.4) is 0 Å². The molecule has 0 aliphatic rings. The Labute approximate surface area is 128 Å². The Morgan fingerprint density at radius 1 is 1.40 bits per heavy atom. The summed E-state index contributed by atoms with van der Waals surface area (Å²) in [4.78, 5) is 0. The van der Waals surface area contributed by atoms with Gasteiger partial charge in [-0.25, -0.2) is 0 Å². The van der Waals surface area contributed by atoms with Crippen molar-refractivity contribution < 1.29 is 10.1 Å². The molecule has 0 saturated heterocycles. The number of rotatable bonds is 10. The highest BCUT2D eigenvalue weighted by Crippen LogP contribution is 2.23. The van der Waals surface area contributed by atoms with Gasteiger partial charge in [0.15, 0.2) is 0 Å². The Hall–Kier alpha value is -0.990. The number of halogens is 1. The van der Waals surface area contributed by atoms with Crippen LogP contribution in [0.1, 0.15) is 38.7 Å². The predicted octanol–water partition coefficient (Wildman–Crippen LogP) is 3.59. The first-order valence-electron chi connectivity index (χ1n) is 7.52. The van der Waals surface area contributed by atoms with Gasteiger partial charge in [0.25, 0.3) is 0 Å². The minimum Gasteiger partial charge on any atom is -0.493 e. The molecule has 20 heavy (non-hydrogen) atoms. The lowest BCUT2D eigenvalue weighted by Gasteiger charge is -2.11. The van der Waals surface area contributed by atoms with E-state index in [1.54, 1.807) is 0 Å². The zero-order valence-electron chi connectivity index (χ0n) is 12.7. The summed E-state index contributed by atoms with van der Waals surface area (Å²) in [5.74, 6) is 0.931. The molecule has 1 rings (SSSR count). The van der Waals surface area contributed by atoms with Crippen LogP contribution in [0.2, 0.25) is 5.02 Å². The van der Waals surface area contributed by atoms with Gasteiger partial charge in [-0.05, 0) is 56.4 Å². The second kappa shape index (κ2) is 9.84. The third kappa shape index (κ3) is 6.44.